The van der Waals surface area contributed by atoms with E-state index in [1.165, 1.54) is 11.1 Å². The summed E-state index contributed by atoms with van der Waals surface area (Å²) in [5, 5.41) is 3.43. The van der Waals surface area contributed by atoms with Gasteiger partial charge in [-0.2, -0.15) is 0 Å². The van der Waals surface area contributed by atoms with Crippen molar-refractivity contribution >= 4 is 0 Å². The van der Waals surface area contributed by atoms with Crippen LogP contribution < -0.4 is 5.32 Å². The molecule has 1 N–H and O–H groups in total. The number of rotatable bonds is 7. The average Bonchev–Trinajstić information content (AvgIpc) is 2.31. The van der Waals surface area contributed by atoms with E-state index in [9.17, 15) is 0 Å². The predicted molar refractivity (Wildman–Crippen MR) is 78.5 cm³/mol. The van der Waals surface area contributed by atoms with Gasteiger partial charge in [0.15, 0.2) is 0 Å². The zero-order chi connectivity index (χ0) is 13.4. The quantitative estimate of drug-likeness (QED) is 0.740. The Morgan fingerprint density at radius 3 is 2.39 bits per heavy atom. The Bertz CT molecular complexity index is 373. The molecule has 0 spiro atoms. The molecule has 0 saturated heterocycles. The number of nitrogens with one attached hydrogen (secondary N) is 1. The summed E-state index contributed by atoms with van der Waals surface area (Å²) in [4.78, 5) is 2.13. The Hall–Kier alpha value is -1.30. The van der Waals surface area contributed by atoms with Gasteiger partial charge in [-0.3, -0.25) is 4.90 Å². The summed E-state index contributed by atoms with van der Waals surface area (Å²) < 4.78 is 0. The van der Waals surface area contributed by atoms with E-state index in [1.807, 2.05) is 7.05 Å². The number of hydrogen-bond donors (Lipinski definition) is 1. The van der Waals surface area contributed by atoms with Crippen LogP contribution in [0.1, 0.15) is 25.0 Å². The van der Waals surface area contributed by atoms with Gasteiger partial charge >= 0.3 is 0 Å². The van der Waals surface area contributed by atoms with E-state index in [0.29, 0.717) is 12.6 Å². The molecule has 0 aliphatic rings. The second-order valence-electron chi connectivity index (χ2n) is 5.05. The molecule has 0 bridgehead atoms. The first-order valence-corrected chi connectivity index (χ1v) is 6.55. The van der Waals surface area contributed by atoms with Crippen LogP contribution in [-0.2, 0) is 13.0 Å². The summed E-state index contributed by atoms with van der Waals surface area (Å²) in [6.45, 7) is 6.98. The van der Waals surface area contributed by atoms with Crippen LogP contribution in [0.2, 0.25) is 0 Å². The fourth-order valence-electron chi connectivity index (χ4n) is 1.84. The molecule has 98 valence electrons. The molecular weight excluding hydrogens is 220 g/mol. The normalized spacial score (nSPS) is 10.9. The van der Waals surface area contributed by atoms with Crippen LogP contribution in [0.3, 0.4) is 0 Å². The minimum atomic E-state index is 0.557. The molecule has 1 aromatic rings. The highest BCUT2D eigenvalue weighted by Crippen LogP contribution is 2.07. The monoisotopic (exact) mass is 244 g/mol. The summed E-state index contributed by atoms with van der Waals surface area (Å²) in [5.74, 6) is 2.66. The van der Waals surface area contributed by atoms with Crippen LogP contribution in [0.4, 0.5) is 0 Å². The van der Waals surface area contributed by atoms with E-state index < -0.39 is 0 Å². The van der Waals surface area contributed by atoms with Gasteiger partial charge in [-0.25, -0.2) is 0 Å². The molecule has 0 saturated carbocycles. The molecule has 0 aromatic heterocycles. The first-order chi connectivity index (χ1) is 8.61. The Balaban J connectivity index is 2.40. The third-order valence-electron chi connectivity index (χ3n) is 2.80. The maximum Gasteiger partial charge on any atom is 0.0599 e. The maximum atomic E-state index is 5.29. The average molecular weight is 244 g/mol. The minimum Gasteiger partial charge on any atom is -0.314 e. The number of benzene rings is 1. The molecule has 0 radical (unpaired) electrons. The summed E-state index contributed by atoms with van der Waals surface area (Å²) in [7, 11) is 2.04. The molecule has 0 atom stereocenters. The lowest BCUT2D eigenvalue weighted by Crippen LogP contribution is -2.24. The van der Waals surface area contributed by atoms with Gasteiger partial charge in [0, 0.05) is 12.6 Å². The molecule has 0 fully saturated rings. The lowest BCUT2D eigenvalue weighted by Gasteiger charge is -2.13. The number of terminal acetylenes is 1. The van der Waals surface area contributed by atoms with E-state index in [4.69, 9.17) is 6.42 Å². The summed E-state index contributed by atoms with van der Waals surface area (Å²) >= 11 is 0. The van der Waals surface area contributed by atoms with Crippen molar-refractivity contribution in [2.75, 3.05) is 20.1 Å². The van der Waals surface area contributed by atoms with E-state index >= 15 is 0 Å². The van der Waals surface area contributed by atoms with Gasteiger partial charge in [0.05, 0.1) is 6.54 Å². The second-order valence-corrected chi connectivity index (χ2v) is 5.05. The van der Waals surface area contributed by atoms with Crippen LogP contribution >= 0.6 is 0 Å². The van der Waals surface area contributed by atoms with Gasteiger partial charge in [0.1, 0.15) is 0 Å². The Labute approximate surface area is 111 Å². The molecule has 18 heavy (non-hydrogen) atoms. The fourth-order valence-corrected chi connectivity index (χ4v) is 1.84. The van der Waals surface area contributed by atoms with Crippen molar-refractivity contribution in [2.45, 2.75) is 32.9 Å². The van der Waals surface area contributed by atoms with Gasteiger partial charge in [0.25, 0.3) is 0 Å². The highest BCUT2D eigenvalue weighted by atomic mass is 15.1. The molecule has 1 rings (SSSR count). The van der Waals surface area contributed by atoms with E-state index in [0.717, 1.165) is 19.5 Å². The van der Waals surface area contributed by atoms with Gasteiger partial charge in [-0.1, -0.05) is 44.0 Å². The highest BCUT2D eigenvalue weighted by Gasteiger charge is 1.99. The molecule has 2 heteroatoms. The third kappa shape index (κ3) is 5.86. The Morgan fingerprint density at radius 1 is 1.22 bits per heavy atom. The minimum absolute atomic E-state index is 0.557. The zero-order valence-electron chi connectivity index (χ0n) is 11.7. The van der Waals surface area contributed by atoms with Crippen molar-refractivity contribution in [2.24, 2.45) is 0 Å². The zero-order valence-corrected chi connectivity index (χ0v) is 11.7. The van der Waals surface area contributed by atoms with Gasteiger partial charge in [0.2, 0.25) is 0 Å². The fraction of sp³-hybridized carbons (Fsp3) is 0.500. The first-order valence-electron chi connectivity index (χ1n) is 6.55. The molecule has 0 aliphatic carbocycles. The van der Waals surface area contributed by atoms with Crippen LogP contribution in [0, 0.1) is 12.3 Å². The largest absolute Gasteiger partial charge is 0.314 e. The SMILES string of the molecule is C#CCN(C)Cc1ccc(CCNC(C)C)cc1. The van der Waals surface area contributed by atoms with Crippen molar-refractivity contribution in [3.63, 3.8) is 0 Å². The summed E-state index contributed by atoms with van der Waals surface area (Å²) in [6, 6.07) is 9.36. The molecule has 0 amide bonds. The van der Waals surface area contributed by atoms with Gasteiger partial charge in [-0.05, 0) is 31.1 Å². The smallest absolute Gasteiger partial charge is 0.0599 e. The molecular formula is C16H24N2. The molecule has 0 aliphatic heterocycles. The van der Waals surface area contributed by atoms with Crippen molar-refractivity contribution < 1.29 is 0 Å². The van der Waals surface area contributed by atoms with Crippen LogP contribution in [0.5, 0.6) is 0 Å². The molecule has 0 heterocycles. The topological polar surface area (TPSA) is 15.3 Å². The lowest BCUT2D eigenvalue weighted by molar-refractivity contribution is 0.369. The Kier molecular flexibility index (Phi) is 6.49. The van der Waals surface area contributed by atoms with Crippen LogP contribution in [0.15, 0.2) is 24.3 Å². The summed E-state index contributed by atoms with van der Waals surface area (Å²) in [6.07, 6.45) is 6.37. The van der Waals surface area contributed by atoms with Crippen molar-refractivity contribution in [1.29, 1.82) is 0 Å². The highest BCUT2D eigenvalue weighted by molar-refractivity contribution is 5.22. The second kappa shape index (κ2) is 7.92. The molecule has 1 aromatic carbocycles. The van der Waals surface area contributed by atoms with Gasteiger partial charge in [-0.15, -0.1) is 6.42 Å². The van der Waals surface area contributed by atoms with E-state index in [1.54, 1.807) is 0 Å². The summed E-state index contributed by atoms with van der Waals surface area (Å²) in [5.41, 5.74) is 2.69. The maximum absolute atomic E-state index is 5.29. The molecule has 2 nitrogen and oxygen atoms in total. The first kappa shape index (κ1) is 14.8. The standard InChI is InChI=1S/C16H24N2/c1-5-12-18(4)13-16-8-6-15(7-9-16)10-11-17-14(2)3/h1,6-9,14,17H,10-13H2,2-4H3. The van der Waals surface area contributed by atoms with Crippen molar-refractivity contribution in [1.82, 2.24) is 10.2 Å². The van der Waals surface area contributed by atoms with Crippen LogP contribution in [0.25, 0.3) is 0 Å². The lowest BCUT2D eigenvalue weighted by atomic mass is 10.1. The van der Waals surface area contributed by atoms with Crippen LogP contribution in [-0.4, -0.2) is 31.1 Å². The number of hydrogen-bond acceptors (Lipinski definition) is 2. The van der Waals surface area contributed by atoms with Crippen molar-refractivity contribution in [3.8, 4) is 12.3 Å². The van der Waals surface area contributed by atoms with E-state index in [2.05, 4.69) is 54.3 Å². The van der Waals surface area contributed by atoms with Gasteiger partial charge < -0.3 is 5.32 Å². The predicted octanol–water partition coefficient (Wildman–Crippen LogP) is 2.29. The Morgan fingerprint density at radius 2 is 1.83 bits per heavy atom. The number of nitrogens with zero attached hydrogens (tertiary/aromatic N) is 1. The molecule has 0 unspecified atom stereocenters. The third-order valence-corrected chi connectivity index (χ3v) is 2.80. The van der Waals surface area contributed by atoms with Crippen molar-refractivity contribution in [3.05, 3.63) is 35.4 Å². The van der Waals surface area contributed by atoms with E-state index in [-0.39, 0.29) is 0 Å².